The molecule has 0 aliphatic heterocycles. The van der Waals surface area contributed by atoms with Gasteiger partial charge in [-0.15, -0.1) is 11.8 Å². The summed E-state index contributed by atoms with van der Waals surface area (Å²) < 4.78 is 0. The average molecular weight is 293 g/mol. The van der Waals surface area contributed by atoms with Gasteiger partial charge in [-0.3, -0.25) is 9.78 Å². The fourth-order valence-corrected chi connectivity index (χ4v) is 3.09. The largest absolute Gasteiger partial charge is 0.293 e. The lowest BCUT2D eigenvalue weighted by Crippen LogP contribution is -2.02. The Morgan fingerprint density at radius 3 is 2.86 bits per heavy atom. The van der Waals surface area contributed by atoms with E-state index in [1.54, 1.807) is 18.0 Å². The molecule has 3 aromatic rings. The molecule has 0 saturated carbocycles. The Morgan fingerprint density at radius 2 is 2.00 bits per heavy atom. The monoisotopic (exact) mass is 293 g/mol. The van der Waals surface area contributed by atoms with Crippen molar-refractivity contribution in [2.75, 3.05) is 5.75 Å². The van der Waals surface area contributed by atoms with Crippen LogP contribution in [0, 0.1) is 6.92 Å². The summed E-state index contributed by atoms with van der Waals surface area (Å²) in [7, 11) is 0. The van der Waals surface area contributed by atoms with Crippen LogP contribution in [0.15, 0.2) is 65.7 Å². The second kappa shape index (κ2) is 6.10. The van der Waals surface area contributed by atoms with E-state index < -0.39 is 0 Å². The molecule has 1 heterocycles. The highest BCUT2D eigenvalue weighted by atomic mass is 32.2. The van der Waals surface area contributed by atoms with Crippen LogP contribution in [0.3, 0.4) is 0 Å². The van der Waals surface area contributed by atoms with Gasteiger partial charge in [0.15, 0.2) is 5.78 Å². The Bertz CT molecular complexity index is 798. The smallest absolute Gasteiger partial charge is 0.173 e. The minimum Gasteiger partial charge on any atom is -0.293 e. The lowest BCUT2D eigenvalue weighted by Gasteiger charge is -2.04. The Hall–Kier alpha value is -2.13. The minimum absolute atomic E-state index is 0.133. The van der Waals surface area contributed by atoms with Gasteiger partial charge >= 0.3 is 0 Å². The van der Waals surface area contributed by atoms with Crippen LogP contribution in [0.25, 0.3) is 10.9 Å². The Labute approximate surface area is 128 Å². The molecule has 2 nitrogen and oxygen atoms in total. The summed E-state index contributed by atoms with van der Waals surface area (Å²) in [5.41, 5.74) is 2.80. The molecule has 0 radical (unpaired) electrons. The van der Waals surface area contributed by atoms with Crippen molar-refractivity contribution in [1.29, 1.82) is 0 Å². The van der Waals surface area contributed by atoms with Gasteiger partial charge in [-0.25, -0.2) is 0 Å². The number of aryl methyl sites for hydroxylation is 1. The summed E-state index contributed by atoms with van der Waals surface area (Å²) in [5, 5.41) is 1.06. The summed E-state index contributed by atoms with van der Waals surface area (Å²) in [6, 6.07) is 17.8. The van der Waals surface area contributed by atoms with Crippen molar-refractivity contribution in [2.45, 2.75) is 11.8 Å². The van der Waals surface area contributed by atoms with Gasteiger partial charge in [-0.05, 0) is 31.2 Å². The van der Waals surface area contributed by atoms with Gasteiger partial charge in [-0.2, -0.15) is 0 Å². The molecule has 0 saturated heterocycles. The average Bonchev–Trinajstić information content (AvgIpc) is 2.52. The third-order valence-electron chi connectivity index (χ3n) is 3.29. The topological polar surface area (TPSA) is 30.0 Å². The van der Waals surface area contributed by atoms with Crippen molar-refractivity contribution in [3.8, 4) is 0 Å². The van der Waals surface area contributed by atoms with E-state index >= 15 is 0 Å². The Morgan fingerprint density at radius 1 is 1.10 bits per heavy atom. The number of thioether (sulfide) groups is 1. The van der Waals surface area contributed by atoms with E-state index in [1.165, 1.54) is 5.56 Å². The third kappa shape index (κ3) is 3.31. The maximum atomic E-state index is 12.3. The summed E-state index contributed by atoms with van der Waals surface area (Å²) in [5.74, 6) is 0.580. The molecular formula is C18H15NOS. The highest BCUT2D eigenvalue weighted by Gasteiger charge is 2.08. The lowest BCUT2D eigenvalue weighted by atomic mass is 10.1. The van der Waals surface area contributed by atoms with Crippen LogP contribution in [0.4, 0.5) is 0 Å². The number of rotatable bonds is 4. The fraction of sp³-hybridized carbons (Fsp3) is 0.111. The van der Waals surface area contributed by atoms with E-state index in [-0.39, 0.29) is 5.78 Å². The van der Waals surface area contributed by atoms with Gasteiger partial charge in [-0.1, -0.05) is 35.9 Å². The Balaban J connectivity index is 1.74. The van der Waals surface area contributed by atoms with Gasteiger partial charge in [0.1, 0.15) is 0 Å². The number of aromatic nitrogens is 1. The molecule has 0 N–H and O–H groups in total. The molecule has 0 aliphatic carbocycles. The molecule has 0 fully saturated rings. The Kier molecular flexibility index (Phi) is 4.02. The molecule has 0 aliphatic rings. The standard InChI is InChI=1S/C18H15NOS/c1-13-4-2-6-16(10-13)21-12-18(20)15-8-7-14-5-3-9-19-17(14)11-15/h2-11H,12H2,1H3. The first kappa shape index (κ1) is 13.8. The van der Waals surface area contributed by atoms with Gasteiger partial charge < -0.3 is 0 Å². The quantitative estimate of drug-likeness (QED) is 0.523. The molecule has 0 bridgehead atoms. The van der Waals surface area contributed by atoms with Crippen LogP contribution in [0.1, 0.15) is 15.9 Å². The first-order valence-electron chi connectivity index (χ1n) is 6.80. The number of nitrogens with zero attached hydrogens (tertiary/aromatic N) is 1. The first-order valence-corrected chi connectivity index (χ1v) is 7.78. The molecule has 104 valence electrons. The number of ketones is 1. The van der Waals surface area contributed by atoms with Crippen LogP contribution >= 0.6 is 11.8 Å². The number of hydrogen-bond acceptors (Lipinski definition) is 3. The van der Waals surface area contributed by atoms with Gasteiger partial charge in [0, 0.05) is 22.0 Å². The van der Waals surface area contributed by atoms with Crippen molar-refractivity contribution >= 4 is 28.4 Å². The molecule has 0 amide bonds. The number of fused-ring (bicyclic) bond motifs is 1. The zero-order valence-corrected chi connectivity index (χ0v) is 12.6. The highest BCUT2D eigenvalue weighted by molar-refractivity contribution is 8.00. The third-order valence-corrected chi connectivity index (χ3v) is 4.28. The molecule has 0 spiro atoms. The van der Waals surface area contributed by atoms with Gasteiger partial charge in [0.25, 0.3) is 0 Å². The van der Waals surface area contributed by atoms with Gasteiger partial charge in [0.2, 0.25) is 0 Å². The van der Waals surface area contributed by atoms with Crippen molar-refractivity contribution in [2.24, 2.45) is 0 Å². The maximum Gasteiger partial charge on any atom is 0.173 e. The zero-order chi connectivity index (χ0) is 14.7. The van der Waals surface area contributed by atoms with E-state index in [2.05, 4.69) is 24.0 Å². The molecule has 3 rings (SSSR count). The number of carbonyl (C=O) groups is 1. The summed E-state index contributed by atoms with van der Waals surface area (Å²) in [4.78, 5) is 17.7. The van der Waals surface area contributed by atoms with Crippen LogP contribution < -0.4 is 0 Å². The van der Waals surface area contributed by atoms with Crippen LogP contribution in [0.5, 0.6) is 0 Å². The maximum absolute atomic E-state index is 12.3. The van der Waals surface area contributed by atoms with Crippen molar-refractivity contribution in [1.82, 2.24) is 4.98 Å². The number of carbonyl (C=O) groups excluding carboxylic acids is 1. The summed E-state index contributed by atoms with van der Waals surface area (Å²) in [6.07, 6.45) is 1.75. The SMILES string of the molecule is Cc1cccc(SCC(=O)c2ccc3cccnc3c2)c1. The number of Topliss-reactive ketones (excluding diaryl/α,β-unsaturated/α-hetero) is 1. The van der Waals surface area contributed by atoms with E-state index in [9.17, 15) is 4.79 Å². The summed E-state index contributed by atoms with van der Waals surface area (Å²) in [6.45, 7) is 2.06. The molecule has 1 aromatic heterocycles. The minimum atomic E-state index is 0.133. The second-order valence-corrected chi connectivity index (χ2v) is 5.99. The molecule has 2 aromatic carbocycles. The van der Waals surface area contributed by atoms with Crippen molar-refractivity contribution in [3.05, 3.63) is 71.9 Å². The molecule has 21 heavy (non-hydrogen) atoms. The lowest BCUT2D eigenvalue weighted by molar-refractivity contribution is 0.102. The summed E-state index contributed by atoms with van der Waals surface area (Å²) >= 11 is 1.57. The number of pyridine rings is 1. The first-order chi connectivity index (χ1) is 10.2. The van der Waals surface area contributed by atoms with Gasteiger partial charge in [0.05, 0.1) is 11.3 Å². The fourth-order valence-electron chi connectivity index (χ4n) is 2.18. The molecular weight excluding hydrogens is 278 g/mol. The van der Waals surface area contributed by atoms with Crippen molar-refractivity contribution < 1.29 is 4.79 Å². The normalized spacial score (nSPS) is 10.7. The van der Waals surface area contributed by atoms with Crippen LogP contribution in [0.2, 0.25) is 0 Å². The van der Waals surface area contributed by atoms with E-state index in [0.717, 1.165) is 21.4 Å². The second-order valence-electron chi connectivity index (χ2n) is 4.94. The predicted octanol–water partition coefficient (Wildman–Crippen LogP) is 4.52. The molecule has 0 unspecified atom stereocenters. The predicted molar refractivity (Wildman–Crippen MR) is 88.0 cm³/mol. The molecule has 0 atom stereocenters. The molecule has 3 heteroatoms. The number of hydrogen-bond donors (Lipinski definition) is 0. The highest BCUT2D eigenvalue weighted by Crippen LogP contribution is 2.21. The van der Waals surface area contributed by atoms with Crippen LogP contribution in [-0.4, -0.2) is 16.5 Å². The number of benzene rings is 2. The van der Waals surface area contributed by atoms with Crippen LogP contribution in [-0.2, 0) is 0 Å². The van der Waals surface area contributed by atoms with E-state index in [1.807, 2.05) is 42.5 Å². The van der Waals surface area contributed by atoms with E-state index in [0.29, 0.717) is 5.75 Å². The van der Waals surface area contributed by atoms with E-state index in [4.69, 9.17) is 0 Å². The van der Waals surface area contributed by atoms with Crippen molar-refractivity contribution in [3.63, 3.8) is 0 Å². The zero-order valence-electron chi connectivity index (χ0n) is 11.7.